The molecular formula is C25H35N3O5S. The maximum atomic E-state index is 12.6. The number of sulfonamides is 1. The van der Waals surface area contributed by atoms with Crippen molar-refractivity contribution in [3.63, 3.8) is 0 Å². The maximum absolute atomic E-state index is 12.6. The number of rotatable bonds is 7. The molecule has 34 heavy (non-hydrogen) atoms. The second kappa shape index (κ2) is 10.3. The van der Waals surface area contributed by atoms with Crippen molar-refractivity contribution in [3.8, 4) is 5.75 Å². The van der Waals surface area contributed by atoms with Crippen molar-refractivity contribution in [2.24, 2.45) is 7.05 Å². The summed E-state index contributed by atoms with van der Waals surface area (Å²) in [5.41, 5.74) is 1.70. The summed E-state index contributed by atoms with van der Waals surface area (Å²) in [5, 5.41) is 0. The van der Waals surface area contributed by atoms with Crippen LogP contribution in [0.2, 0.25) is 0 Å². The molecule has 0 bridgehead atoms. The van der Waals surface area contributed by atoms with Crippen molar-refractivity contribution < 1.29 is 17.9 Å². The van der Waals surface area contributed by atoms with Gasteiger partial charge >= 0.3 is 0 Å². The van der Waals surface area contributed by atoms with E-state index >= 15 is 0 Å². The van der Waals surface area contributed by atoms with Crippen LogP contribution in [-0.2, 0) is 27.3 Å². The van der Waals surface area contributed by atoms with E-state index in [1.54, 1.807) is 28.6 Å². The summed E-state index contributed by atoms with van der Waals surface area (Å²) in [7, 11) is -1.95. The molecule has 0 saturated carbocycles. The average Bonchev–Trinajstić information content (AvgIpc) is 2.77. The first-order chi connectivity index (χ1) is 15.9. The van der Waals surface area contributed by atoms with Crippen molar-refractivity contribution in [1.82, 2.24) is 14.2 Å². The van der Waals surface area contributed by atoms with Gasteiger partial charge in [-0.15, -0.1) is 0 Å². The fourth-order valence-electron chi connectivity index (χ4n) is 3.89. The van der Waals surface area contributed by atoms with Gasteiger partial charge in [0, 0.05) is 57.7 Å². The number of aromatic nitrogens is 1. The fraction of sp³-hybridized carbons (Fsp3) is 0.520. The second-order valence-electron chi connectivity index (χ2n) is 9.85. The van der Waals surface area contributed by atoms with E-state index in [9.17, 15) is 18.0 Å². The molecular weight excluding hydrogens is 454 g/mol. The third kappa shape index (κ3) is 6.48. The number of pyridine rings is 1. The summed E-state index contributed by atoms with van der Waals surface area (Å²) in [6.07, 6.45) is 1.35. The van der Waals surface area contributed by atoms with Crippen molar-refractivity contribution >= 4 is 15.9 Å². The van der Waals surface area contributed by atoms with E-state index in [4.69, 9.17) is 4.74 Å². The standard InChI is InChI=1S/C25H35N3O5S/c1-18-16-21(17-24(30)27(18)5)33-20-11-14-28(15-12-20)23(29)10-13-26-34(31,32)22-8-6-19(7-9-22)25(2,3)4/h6-9,16-17,20,26H,10-15H2,1-5H3. The van der Waals surface area contributed by atoms with Crippen molar-refractivity contribution in [2.75, 3.05) is 19.6 Å². The van der Waals surface area contributed by atoms with Gasteiger partial charge in [0.2, 0.25) is 15.9 Å². The Morgan fingerprint density at radius 2 is 1.74 bits per heavy atom. The minimum Gasteiger partial charge on any atom is -0.490 e. The lowest BCUT2D eigenvalue weighted by molar-refractivity contribution is -0.132. The Labute approximate surface area is 202 Å². The zero-order valence-electron chi connectivity index (χ0n) is 20.6. The molecule has 1 saturated heterocycles. The number of hydrogen-bond donors (Lipinski definition) is 1. The Hall–Kier alpha value is -2.65. The molecule has 0 aliphatic carbocycles. The molecule has 0 unspecified atom stereocenters. The number of piperidine rings is 1. The molecule has 1 amide bonds. The van der Waals surface area contributed by atoms with Crippen molar-refractivity contribution in [1.29, 1.82) is 0 Å². The van der Waals surface area contributed by atoms with Gasteiger partial charge in [0.1, 0.15) is 11.9 Å². The Balaban J connectivity index is 1.46. The summed E-state index contributed by atoms with van der Waals surface area (Å²) in [6, 6.07) is 10.1. The molecule has 186 valence electrons. The highest BCUT2D eigenvalue weighted by atomic mass is 32.2. The lowest BCUT2D eigenvalue weighted by atomic mass is 9.87. The second-order valence-corrected chi connectivity index (χ2v) is 11.6. The predicted molar refractivity (Wildman–Crippen MR) is 132 cm³/mol. The van der Waals surface area contributed by atoms with Gasteiger partial charge < -0.3 is 14.2 Å². The Bertz CT molecular complexity index is 1170. The zero-order valence-corrected chi connectivity index (χ0v) is 21.4. The molecule has 1 aliphatic heterocycles. The lowest BCUT2D eigenvalue weighted by Crippen LogP contribution is -2.42. The highest BCUT2D eigenvalue weighted by Gasteiger charge is 2.25. The number of aryl methyl sites for hydroxylation is 1. The smallest absolute Gasteiger partial charge is 0.254 e. The van der Waals surface area contributed by atoms with E-state index in [-0.39, 0.29) is 40.8 Å². The highest BCUT2D eigenvalue weighted by molar-refractivity contribution is 7.89. The van der Waals surface area contributed by atoms with E-state index < -0.39 is 10.0 Å². The first-order valence-corrected chi connectivity index (χ1v) is 13.1. The van der Waals surface area contributed by atoms with Crippen LogP contribution in [0.1, 0.15) is 51.3 Å². The quantitative estimate of drug-likeness (QED) is 0.645. The molecule has 9 heteroatoms. The number of ether oxygens (including phenoxy) is 1. The lowest BCUT2D eigenvalue weighted by Gasteiger charge is -2.32. The summed E-state index contributed by atoms with van der Waals surface area (Å²) >= 11 is 0. The predicted octanol–water partition coefficient (Wildman–Crippen LogP) is 2.73. The van der Waals surface area contributed by atoms with Crippen LogP contribution in [0.5, 0.6) is 5.75 Å². The minimum atomic E-state index is -3.67. The number of amides is 1. The van der Waals surface area contributed by atoms with Crippen LogP contribution in [0.3, 0.4) is 0 Å². The molecule has 2 aromatic rings. The van der Waals surface area contributed by atoms with Gasteiger partial charge in [0.05, 0.1) is 4.90 Å². The number of carbonyl (C=O) groups is 1. The molecule has 0 atom stereocenters. The van der Waals surface area contributed by atoms with Crippen LogP contribution >= 0.6 is 0 Å². The Morgan fingerprint density at radius 1 is 1.12 bits per heavy atom. The highest BCUT2D eigenvalue weighted by Crippen LogP contribution is 2.23. The summed E-state index contributed by atoms with van der Waals surface area (Å²) in [5.74, 6) is 0.462. The average molecular weight is 490 g/mol. The molecule has 3 rings (SSSR count). The third-order valence-corrected chi connectivity index (χ3v) is 7.71. The third-order valence-electron chi connectivity index (χ3n) is 6.24. The normalized spacial score (nSPS) is 15.4. The first kappa shape index (κ1) is 26.0. The van der Waals surface area contributed by atoms with Crippen LogP contribution < -0.4 is 15.0 Å². The molecule has 2 heterocycles. The van der Waals surface area contributed by atoms with Gasteiger partial charge in [0.25, 0.3) is 5.56 Å². The molecule has 1 aromatic carbocycles. The van der Waals surface area contributed by atoms with Crippen LogP contribution in [0.15, 0.2) is 46.1 Å². The van der Waals surface area contributed by atoms with Gasteiger partial charge in [-0.2, -0.15) is 0 Å². The first-order valence-electron chi connectivity index (χ1n) is 11.6. The summed E-state index contributed by atoms with van der Waals surface area (Å²) in [4.78, 5) is 26.4. The molecule has 1 N–H and O–H groups in total. The zero-order chi connectivity index (χ0) is 25.1. The monoisotopic (exact) mass is 489 g/mol. The number of benzene rings is 1. The van der Waals surface area contributed by atoms with E-state index in [0.717, 1.165) is 11.3 Å². The van der Waals surface area contributed by atoms with Crippen LogP contribution in [0, 0.1) is 6.92 Å². The van der Waals surface area contributed by atoms with Crippen LogP contribution in [-0.4, -0.2) is 49.5 Å². The van der Waals surface area contributed by atoms with E-state index in [0.29, 0.717) is 31.7 Å². The number of nitrogens with zero attached hydrogens (tertiary/aromatic N) is 2. The van der Waals surface area contributed by atoms with Crippen LogP contribution in [0.4, 0.5) is 0 Å². The van der Waals surface area contributed by atoms with Gasteiger partial charge in [0.15, 0.2) is 0 Å². The van der Waals surface area contributed by atoms with Gasteiger partial charge in [-0.3, -0.25) is 9.59 Å². The summed E-state index contributed by atoms with van der Waals surface area (Å²) in [6.45, 7) is 9.18. The molecule has 8 nitrogen and oxygen atoms in total. The van der Waals surface area contributed by atoms with Crippen molar-refractivity contribution in [2.45, 2.75) is 63.4 Å². The molecule has 1 fully saturated rings. The van der Waals surface area contributed by atoms with Crippen molar-refractivity contribution in [3.05, 3.63) is 58.0 Å². The number of hydrogen-bond acceptors (Lipinski definition) is 5. The van der Waals surface area contributed by atoms with Gasteiger partial charge in [-0.1, -0.05) is 32.9 Å². The maximum Gasteiger partial charge on any atom is 0.254 e. The molecule has 0 spiro atoms. The minimum absolute atomic E-state index is 0.0468. The SMILES string of the molecule is Cc1cc(OC2CCN(C(=O)CCNS(=O)(=O)c3ccc(C(C)(C)C)cc3)CC2)cc(=O)n1C. The fourth-order valence-corrected chi connectivity index (χ4v) is 4.92. The Kier molecular flexibility index (Phi) is 7.88. The van der Waals surface area contributed by atoms with E-state index in [1.807, 2.05) is 25.1 Å². The van der Waals surface area contributed by atoms with Crippen LogP contribution in [0.25, 0.3) is 0 Å². The summed E-state index contributed by atoms with van der Waals surface area (Å²) < 4.78 is 35.2. The van der Waals surface area contributed by atoms with Gasteiger partial charge in [-0.05, 0) is 36.1 Å². The largest absolute Gasteiger partial charge is 0.490 e. The number of likely N-dealkylation sites (tertiary alicyclic amines) is 1. The molecule has 0 radical (unpaired) electrons. The van der Waals surface area contributed by atoms with E-state index in [1.165, 1.54) is 6.07 Å². The Morgan fingerprint density at radius 3 is 2.29 bits per heavy atom. The topological polar surface area (TPSA) is 97.7 Å². The van der Waals surface area contributed by atoms with Gasteiger partial charge in [-0.25, -0.2) is 13.1 Å². The number of carbonyl (C=O) groups excluding carboxylic acids is 1. The molecule has 1 aliphatic rings. The van der Waals surface area contributed by atoms with E-state index in [2.05, 4.69) is 25.5 Å². The number of nitrogens with one attached hydrogen (secondary N) is 1. The molecule has 1 aromatic heterocycles.